The highest BCUT2D eigenvalue weighted by Crippen LogP contribution is 2.54. The average molecular weight is 311 g/mol. The summed E-state index contributed by atoms with van der Waals surface area (Å²) in [5.41, 5.74) is 0. The van der Waals surface area contributed by atoms with Crippen molar-refractivity contribution in [2.24, 2.45) is 0 Å². The van der Waals surface area contributed by atoms with E-state index < -0.39 is 13.2 Å². The van der Waals surface area contributed by atoms with Gasteiger partial charge >= 0.3 is 0 Å². The fourth-order valence-electron chi connectivity index (χ4n) is 0.381. The molecular formula is C4H6Cl6OSi. The van der Waals surface area contributed by atoms with Gasteiger partial charge in [0, 0.05) is 0 Å². The Morgan fingerprint density at radius 1 is 1.00 bits per heavy atom. The SMILES string of the molecule is CC(Cl)(O[SiH3])C(Cl)(Cl)C(Cl)(Cl)Cl. The van der Waals surface area contributed by atoms with E-state index in [0.29, 0.717) is 10.5 Å². The molecule has 0 saturated heterocycles. The van der Waals surface area contributed by atoms with E-state index in [1.165, 1.54) is 6.92 Å². The van der Waals surface area contributed by atoms with Crippen LogP contribution in [0.15, 0.2) is 0 Å². The van der Waals surface area contributed by atoms with Gasteiger partial charge in [-0.15, -0.1) is 0 Å². The van der Waals surface area contributed by atoms with E-state index in [-0.39, 0.29) is 0 Å². The minimum Gasteiger partial charge on any atom is -0.408 e. The highest BCUT2D eigenvalue weighted by atomic mass is 35.6. The number of hydrogen-bond acceptors (Lipinski definition) is 1. The second-order valence-corrected chi connectivity index (χ2v) is 6.93. The molecule has 0 amide bonds. The normalized spacial score (nSPS) is 19.2. The molecule has 0 aliphatic rings. The minimum atomic E-state index is -1.91. The van der Waals surface area contributed by atoms with Crippen molar-refractivity contribution in [1.82, 2.24) is 0 Å². The fraction of sp³-hybridized carbons (Fsp3) is 1.00. The molecule has 0 spiro atoms. The van der Waals surface area contributed by atoms with Crippen LogP contribution in [0.4, 0.5) is 0 Å². The van der Waals surface area contributed by atoms with Crippen molar-refractivity contribution in [2.75, 3.05) is 0 Å². The molecule has 0 rings (SSSR count). The van der Waals surface area contributed by atoms with Gasteiger partial charge in [0.05, 0.1) is 0 Å². The predicted octanol–water partition coefficient (Wildman–Crippen LogP) is 2.78. The molecule has 1 atom stereocenters. The first-order valence-electron chi connectivity index (χ1n) is 2.75. The second kappa shape index (κ2) is 4.19. The first-order valence-corrected chi connectivity index (χ1v) is 5.83. The van der Waals surface area contributed by atoms with Gasteiger partial charge in [-0.3, -0.25) is 0 Å². The molecule has 0 saturated carbocycles. The van der Waals surface area contributed by atoms with Crippen molar-refractivity contribution >= 4 is 80.1 Å². The van der Waals surface area contributed by atoms with Gasteiger partial charge in [0.2, 0.25) is 8.13 Å². The number of alkyl halides is 6. The summed E-state index contributed by atoms with van der Waals surface area (Å²) in [6.45, 7) is 1.43. The van der Waals surface area contributed by atoms with Gasteiger partial charge < -0.3 is 4.43 Å². The van der Waals surface area contributed by atoms with Crippen molar-refractivity contribution in [3.05, 3.63) is 0 Å². The van der Waals surface area contributed by atoms with Gasteiger partial charge in [-0.05, 0) is 6.92 Å². The Morgan fingerprint density at radius 2 is 1.33 bits per heavy atom. The standard InChI is InChI=1S/C4H6Cl6OSi/c1-2(5,11-12)3(6,7)4(8,9)10/h1,12H3. The Balaban J connectivity index is 4.85. The van der Waals surface area contributed by atoms with Crippen molar-refractivity contribution in [1.29, 1.82) is 0 Å². The first-order chi connectivity index (χ1) is 5.06. The van der Waals surface area contributed by atoms with Gasteiger partial charge in [0.15, 0.2) is 5.06 Å². The molecule has 0 heterocycles. The lowest BCUT2D eigenvalue weighted by Gasteiger charge is -2.38. The first kappa shape index (κ1) is 13.9. The molecule has 0 aromatic rings. The topological polar surface area (TPSA) is 9.23 Å². The molecule has 8 heteroatoms. The molecule has 0 aliphatic heterocycles. The second-order valence-electron chi connectivity index (χ2n) is 2.19. The fourth-order valence-corrected chi connectivity index (χ4v) is 1.93. The van der Waals surface area contributed by atoms with Crippen LogP contribution in [0.3, 0.4) is 0 Å². The smallest absolute Gasteiger partial charge is 0.227 e. The van der Waals surface area contributed by atoms with Crippen LogP contribution in [0.5, 0.6) is 0 Å². The van der Waals surface area contributed by atoms with Gasteiger partial charge in [-0.2, -0.15) is 0 Å². The van der Waals surface area contributed by atoms with Crippen molar-refractivity contribution in [3.63, 3.8) is 0 Å². The van der Waals surface area contributed by atoms with E-state index in [2.05, 4.69) is 0 Å². The van der Waals surface area contributed by atoms with Gasteiger partial charge in [-0.25, -0.2) is 0 Å². The zero-order valence-electron chi connectivity index (χ0n) is 6.18. The average Bonchev–Trinajstić information content (AvgIpc) is 1.85. The van der Waals surface area contributed by atoms with Gasteiger partial charge in [0.1, 0.15) is 10.5 Å². The van der Waals surface area contributed by atoms with E-state index in [1.54, 1.807) is 0 Å². The highest BCUT2D eigenvalue weighted by Gasteiger charge is 2.58. The van der Waals surface area contributed by atoms with Gasteiger partial charge in [0.25, 0.3) is 0 Å². The predicted molar refractivity (Wildman–Crippen MR) is 60.0 cm³/mol. The Bertz CT molecular complexity index is 163. The van der Waals surface area contributed by atoms with E-state index in [4.69, 9.17) is 74.0 Å². The lowest BCUT2D eigenvalue weighted by Crippen LogP contribution is -2.49. The van der Waals surface area contributed by atoms with E-state index >= 15 is 0 Å². The van der Waals surface area contributed by atoms with Crippen molar-refractivity contribution < 1.29 is 4.43 Å². The van der Waals surface area contributed by atoms with E-state index in [0.717, 1.165) is 0 Å². The summed E-state index contributed by atoms with van der Waals surface area (Å²) in [6, 6.07) is 0. The summed E-state index contributed by atoms with van der Waals surface area (Å²) in [6.07, 6.45) is 0. The van der Waals surface area contributed by atoms with Crippen LogP contribution in [0, 0.1) is 0 Å². The summed E-state index contributed by atoms with van der Waals surface area (Å²) >= 11 is 33.8. The number of halogens is 6. The van der Waals surface area contributed by atoms with Gasteiger partial charge in [-0.1, -0.05) is 69.6 Å². The van der Waals surface area contributed by atoms with Crippen molar-refractivity contribution in [3.8, 4) is 0 Å². The third-order valence-corrected chi connectivity index (χ3v) is 5.73. The van der Waals surface area contributed by atoms with Crippen LogP contribution in [0.2, 0.25) is 0 Å². The monoisotopic (exact) mass is 308 g/mol. The lowest BCUT2D eigenvalue weighted by atomic mass is 10.3. The van der Waals surface area contributed by atoms with Crippen LogP contribution in [0.25, 0.3) is 0 Å². The Labute approximate surface area is 104 Å². The summed E-state index contributed by atoms with van der Waals surface area (Å²) < 4.78 is 1.21. The molecule has 1 unspecified atom stereocenters. The summed E-state index contributed by atoms with van der Waals surface area (Å²) in [5.74, 6) is 0. The quantitative estimate of drug-likeness (QED) is 0.563. The number of hydrogen-bond donors (Lipinski definition) is 0. The molecule has 0 fully saturated rings. The molecule has 74 valence electrons. The maximum absolute atomic E-state index is 5.79. The Hall–Kier alpha value is 1.92. The summed E-state index contributed by atoms with van der Waals surface area (Å²) in [7, 11) is 0.335. The maximum atomic E-state index is 5.79. The lowest BCUT2D eigenvalue weighted by molar-refractivity contribution is 0.175. The molecule has 0 aliphatic carbocycles. The largest absolute Gasteiger partial charge is 0.408 e. The Kier molecular flexibility index (Phi) is 4.86. The maximum Gasteiger partial charge on any atom is 0.227 e. The van der Waals surface area contributed by atoms with Crippen LogP contribution in [0.1, 0.15) is 6.92 Å². The third kappa shape index (κ3) is 2.70. The van der Waals surface area contributed by atoms with Crippen LogP contribution in [-0.4, -0.2) is 23.7 Å². The van der Waals surface area contributed by atoms with Crippen molar-refractivity contribution in [2.45, 2.75) is 20.1 Å². The molecule has 0 bridgehead atoms. The van der Waals surface area contributed by atoms with Crippen LogP contribution < -0.4 is 0 Å². The Morgan fingerprint density at radius 3 is 1.42 bits per heavy atom. The molecular weight excluding hydrogens is 305 g/mol. The summed E-state index contributed by atoms with van der Waals surface area (Å²) in [5, 5.41) is -1.41. The van der Waals surface area contributed by atoms with Crippen LogP contribution >= 0.6 is 69.6 Å². The molecule has 0 aromatic carbocycles. The zero-order valence-corrected chi connectivity index (χ0v) is 12.7. The zero-order chi connectivity index (χ0) is 10.2. The highest BCUT2D eigenvalue weighted by molar-refractivity contribution is 6.76. The van der Waals surface area contributed by atoms with E-state index in [9.17, 15) is 0 Å². The molecule has 12 heavy (non-hydrogen) atoms. The third-order valence-electron chi connectivity index (χ3n) is 1.30. The molecule has 0 radical (unpaired) electrons. The minimum absolute atomic E-state index is 0.335. The van der Waals surface area contributed by atoms with Crippen LogP contribution in [-0.2, 0) is 4.43 Å². The molecule has 1 nitrogen and oxygen atoms in total. The molecule has 0 N–H and O–H groups in total. The van der Waals surface area contributed by atoms with E-state index in [1.807, 2.05) is 0 Å². The number of rotatable bonds is 2. The summed E-state index contributed by atoms with van der Waals surface area (Å²) in [4.78, 5) is 0. The molecule has 0 aromatic heterocycles.